The molecule has 0 aromatic carbocycles. The molecular weight excluding hydrogens is 364 g/mol. The van der Waals surface area contributed by atoms with Crippen LogP contribution in [-0.2, 0) is 28.6 Å². The third-order valence-electron chi connectivity index (χ3n) is 4.18. The summed E-state index contributed by atoms with van der Waals surface area (Å²) in [6.45, 7) is 13.6. The summed E-state index contributed by atoms with van der Waals surface area (Å²) in [5, 5.41) is 9.11. The molecule has 0 saturated carbocycles. The van der Waals surface area contributed by atoms with E-state index in [2.05, 4.69) is 13.2 Å². The van der Waals surface area contributed by atoms with Crippen LogP contribution < -0.4 is 0 Å². The minimum atomic E-state index is -0.742. The first-order chi connectivity index (χ1) is 13.1. The van der Waals surface area contributed by atoms with Gasteiger partial charge < -0.3 is 19.3 Å². The average Bonchev–Trinajstić information content (AvgIpc) is 2.86. The molecule has 28 heavy (non-hydrogen) atoms. The molecule has 1 fully saturated rings. The van der Waals surface area contributed by atoms with E-state index in [-0.39, 0.29) is 30.8 Å². The number of cyclic esters (lactones) is 1. The third-order valence-corrected chi connectivity index (χ3v) is 4.18. The van der Waals surface area contributed by atoms with E-state index in [4.69, 9.17) is 19.3 Å². The smallest absolute Gasteiger partial charge is 0.334 e. The second kappa shape index (κ2) is 10.6. The van der Waals surface area contributed by atoms with Gasteiger partial charge in [-0.05, 0) is 32.4 Å². The van der Waals surface area contributed by atoms with Gasteiger partial charge in [-0.2, -0.15) is 0 Å². The molecule has 3 unspecified atom stereocenters. The number of hydrogen-bond acceptors (Lipinski definition) is 7. The van der Waals surface area contributed by atoms with Gasteiger partial charge in [0.15, 0.2) is 0 Å². The molecule has 1 aliphatic rings. The fourth-order valence-electron chi connectivity index (χ4n) is 2.76. The SMILES string of the molecule is C=C(C)C(=O)OC(CC(C)=CCO)C1C(=C)C(=O)OC1C=C(C)COC(C)=O. The predicted octanol–water partition coefficient (Wildman–Crippen LogP) is 2.41. The van der Waals surface area contributed by atoms with Crippen molar-refractivity contribution in [3.63, 3.8) is 0 Å². The standard InChI is InChI=1S/C21H28O7/c1-12(2)20(24)27-17(9-13(3)7-8-22)19-15(5)21(25)28-18(19)10-14(4)11-26-16(6)23/h7,10,17-19,22H,1,5,8-9,11H2,2-4,6H3. The van der Waals surface area contributed by atoms with Gasteiger partial charge in [0.1, 0.15) is 18.8 Å². The van der Waals surface area contributed by atoms with Crippen LogP contribution in [-0.4, -0.2) is 48.4 Å². The van der Waals surface area contributed by atoms with Crippen molar-refractivity contribution >= 4 is 17.9 Å². The van der Waals surface area contributed by atoms with E-state index in [0.717, 1.165) is 5.57 Å². The second-order valence-corrected chi connectivity index (χ2v) is 6.88. The lowest BCUT2D eigenvalue weighted by Gasteiger charge is -2.26. The van der Waals surface area contributed by atoms with E-state index in [1.807, 2.05) is 0 Å². The Bertz CT molecular complexity index is 714. The van der Waals surface area contributed by atoms with Crippen LogP contribution in [0.25, 0.3) is 0 Å². The lowest BCUT2D eigenvalue weighted by Crippen LogP contribution is -2.33. The minimum Gasteiger partial charge on any atom is -0.461 e. The summed E-state index contributed by atoms with van der Waals surface area (Å²) in [6, 6.07) is 0. The second-order valence-electron chi connectivity index (χ2n) is 6.88. The summed E-state index contributed by atoms with van der Waals surface area (Å²) >= 11 is 0. The Kier molecular flexibility index (Phi) is 8.85. The first-order valence-corrected chi connectivity index (χ1v) is 8.90. The van der Waals surface area contributed by atoms with E-state index in [0.29, 0.717) is 5.57 Å². The Labute approximate surface area is 165 Å². The summed E-state index contributed by atoms with van der Waals surface area (Å²) in [4.78, 5) is 35.2. The van der Waals surface area contributed by atoms with Gasteiger partial charge in [0.2, 0.25) is 0 Å². The van der Waals surface area contributed by atoms with Crippen molar-refractivity contribution < 1.29 is 33.7 Å². The van der Waals surface area contributed by atoms with Gasteiger partial charge in [-0.3, -0.25) is 4.79 Å². The number of aliphatic hydroxyl groups is 1. The number of carbonyl (C=O) groups is 3. The first kappa shape index (κ1) is 23.4. The van der Waals surface area contributed by atoms with Gasteiger partial charge in [0, 0.05) is 24.5 Å². The molecule has 0 spiro atoms. The molecule has 0 aliphatic carbocycles. The quantitative estimate of drug-likeness (QED) is 0.278. The number of hydrogen-bond donors (Lipinski definition) is 1. The zero-order valence-corrected chi connectivity index (χ0v) is 16.8. The Morgan fingerprint density at radius 2 is 1.89 bits per heavy atom. The van der Waals surface area contributed by atoms with Gasteiger partial charge in [-0.25, -0.2) is 9.59 Å². The fourth-order valence-corrected chi connectivity index (χ4v) is 2.76. The van der Waals surface area contributed by atoms with Crippen molar-refractivity contribution in [2.45, 2.75) is 46.3 Å². The molecule has 1 N–H and O–H groups in total. The highest BCUT2D eigenvalue weighted by molar-refractivity contribution is 5.91. The van der Waals surface area contributed by atoms with Gasteiger partial charge in [0.05, 0.1) is 12.5 Å². The fraction of sp³-hybridized carbons (Fsp3) is 0.476. The van der Waals surface area contributed by atoms with Gasteiger partial charge in [-0.1, -0.05) is 24.8 Å². The highest BCUT2D eigenvalue weighted by Gasteiger charge is 2.44. The molecule has 0 aromatic rings. The third kappa shape index (κ3) is 6.81. The van der Waals surface area contributed by atoms with Crippen molar-refractivity contribution in [1.29, 1.82) is 0 Å². The Hall–Kier alpha value is -2.67. The van der Waals surface area contributed by atoms with Gasteiger partial charge >= 0.3 is 17.9 Å². The molecule has 3 atom stereocenters. The summed E-state index contributed by atoms with van der Waals surface area (Å²) in [5.41, 5.74) is 1.88. The van der Waals surface area contributed by atoms with Crippen LogP contribution in [0.4, 0.5) is 0 Å². The first-order valence-electron chi connectivity index (χ1n) is 8.90. The summed E-state index contributed by atoms with van der Waals surface area (Å²) in [6.07, 6.45) is 2.08. The molecule has 0 amide bonds. The van der Waals surface area contributed by atoms with Crippen LogP contribution in [0.1, 0.15) is 34.1 Å². The van der Waals surface area contributed by atoms with Crippen LogP contribution in [0, 0.1) is 5.92 Å². The van der Waals surface area contributed by atoms with Crippen LogP contribution in [0.15, 0.2) is 47.6 Å². The maximum absolute atomic E-state index is 12.1. The van der Waals surface area contributed by atoms with Crippen molar-refractivity contribution in [1.82, 2.24) is 0 Å². The molecule has 154 valence electrons. The number of rotatable bonds is 9. The van der Waals surface area contributed by atoms with Crippen LogP contribution >= 0.6 is 0 Å². The van der Waals surface area contributed by atoms with Gasteiger partial charge in [0.25, 0.3) is 0 Å². The van der Waals surface area contributed by atoms with Crippen molar-refractivity contribution in [2.24, 2.45) is 5.92 Å². The molecule has 0 radical (unpaired) electrons. The summed E-state index contributed by atoms with van der Waals surface area (Å²) in [5.74, 6) is -2.21. The van der Waals surface area contributed by atoms with Crippen molar-refractivity contribution in [3.05, 3.63) is 47.6 Å². The van der Waals surface area contributed by atoms with E-state index in [1.165, 1.54) is 13.8 Å². The molecule has 1 aliphatic heterocycles. The highest BCUT2D eigenvalue weighted by Crippen LogP contribution is 2.35. The predicted molar refractivity (Wildman–Crippen MR) is 103 cm³/mol. The van der Waals surface area contributed by atoms with Crippen LogP contribution in [0.3, 0.4) is 0 Å². The Balaban J connectivity index is 3.17. The molecule has 1 heterocycles. The monoisotopic (exact) mass is 392 g/mol. The maximum atomic E-state index is 12.1. The largest absolute Gasteiger partial charge is 0.461 e. The number of ether oxygens (including phenoxy) is 3. The van der Waals surface area contributed by atoms with E-state index in [1.54, 1.807) is 26.0 Å². The molecule has 7 nitrogen and oxygen atoms in total. The average molecular weight is 392 g/mol. The number of carbonyl (C=O) groups excluding carboxylic acids is 3. The van der Waals surface area contributed by atoms with E-state index in [9.17, 15) is 14.4 Å². The maximum Gasteiger partial charge on any atom is 0.334 e. The summed E-state index contributed by atoms with van der Waals surface area (Å²) < 4.78 is 15.9. The van der Waals surface area contributed by atoms with Crippen LogP contribution in [0.5, 0.6) is 0 Å². The van der Waals surface area contributed by atoms with E-state index < -0.39 is 36.0 Å². The van der Waals surface area contributed by atoms with Gasteiger partial charge in [-0.15, -0.1) is 0 Å². The minimum absolute atomic E-state index is 0.0578. The highest BCUT2D eigenvalue weighted by atomic mass is 16.6. The zero-order valence-electron chi connectivity index (χ0n) is 16.8. The molecule has 7 heteroatoms. The molecular formula is C21H28O7. The number of esters is 3. The summed E-state index contributed by atoms with van der Waals surface area (Å²) in [7, 11) is 0. The normalized spacial score (nSPS) is 21.2. The Morgan fingerprint density at radius 3 is 2.43 bits per heavy atom. The lowest BCUT2D eigenvalue weighted by atomic mass is 9.86. The topological polar surface area (TPSA) is 99.1 Å². The lowest BCUT2D eigenvalue weighted by molar-refractivity contribution is -0.147. The van der Waals surface area contributed by atoms with Crippen molar-refractivity contribution in [2.75, 3.05) is 13.2 Å². The molecule has 0 bridgehead atoms. The zero-order chi connectivity index (χ0) is 21.4. The van der Waals surface area contributed by atoms with E-state index >= 15 is 0 Å². The van der Waals surface area contributed by atoms with Crippen LogP contribution in [0.2, 0.25) is 0 Å². The Morgan fingerprint density at radius 1 is 1.25 bits per heavy atom. The molecule has 1 rings (SSSR count). The molecule has 1 saturated heterocycles. The number of aliphatic hydroxyl groups excluding tert-OH is 1. The molecule has 0 aromatic heterocycles. The van der Waals surface area contributed by atoms with Crippen molar-refractivity contribution in [3.8, 4) is 0 Å².